The van der Waals surface area contributed by atoms with Gasteiger partial charge in [0.15, 0.2) is 5.82 Å². The van der Waals surface area contributed by atoms with Crippen LogP contribution in [-0.4, -0.2) is 46.8 Å². The van der Waals surface area contributed by atoms with Gasteiger partial charge in [0.2, 0.25) is 0 Å². The Morgan fingerprint density at radius 3 is 2.60 bits per heavy atom. The number of methoxy groups -OCH3 is 1. The second kappa shape index (κ2) is 8.77. The monoisotopic (exact) mass is 413 g/mol. The summed E-state index contributed by atoms with van der Waals surface area (Å²) in [5, 5.41) is 3.25. The topological polar surface area (TPSA) is 103 Å². The fourth-order valence-electron chi connectivity index (χ4n) is 3.40. The van der Waals surface area contributed by atoms with E-state index in [-0.39, 0.29) is 12.1 Å². The molecule has 1 aliphatic rings. The summed E-state index contributed by atoms with van der Waals surface area (Å²) < 4.78 is 10.6. The molecule has 3 rings (SSSR count). The standard InChI is InChI=1S/C22H31N5O3/c1-14-18(23)19(26-20(25-14)29-5)24-12-15-6-8-16(9-7-15)17-10-11-27(13-17)21(28)30-22(2,3)4/h6-9,17H,10-13,23H2,1-5H3,(H,24,25,26). The van der Waals surface area contributed by atoms with Gasteiger partial charge in [-0.2, -0.15) is 9.97 Å². The number of benzene rings is 1. The van der Waals surface area contributed by atoms with E-state index in [1.807, 2.05) is 27.7 Å². The normalized spacial score (nSPS) is 16.4. The molecule has 1 saturated heterocycles. The van der Waals surface area contributed by atoms with Crippen molar-refractivity contribution in [2.24, 2.45) is 0 Å². The molecule has 30 heavy (non-hydrogen) atoms. The molecule has 0 bridgehead atoms. The second-order valence-corrected chi connectivity index (χ2v) is 8.57. The van der Waals surface area contributed by atoms with E-state index in [0.29, 0.717) is 36.2 Å². The number of amides is 1. The Bertz CT molecular complexity index is 893. The van der Waals surface area contributed by atoms with E-state index in [0.717, 1.165) is 18.5 Å². The number of nitrogen functional groups attached to an aromatic ring is 1. The van der Waals surface area contributed by atoms with E-state index in [1.165, 1.54) is 12.7 Å². The molecule has 0 aliphatic carbocycles. The van der Waals surface area contributed by atoms with Crippen LogP contribution in [0.25, 0.3) is 0 Å². The Morgan fingerprint density at radius 1 is 1.27 bits per heavy atom. The van der Waals surface area contributed by atoms with Crippen LogP contribution in [0.1, 0.15) is 49.9 Å². The van der Waals surface area contributed by atoms with Gasteiger partial charge in [-0.3, -0.25) is 0 Å². The summed E-state index contributed by atoms with van der Waals surface area (Å²) in [6, 6.07) is 8.69. The fraction of sp³-hybridized carbons (Fsp3) is 0.500. The molecule has 2 heterocycles. The summed E-state index contributed by atoms with van der Waals surface area (Å²) in [6.07, 6.45) is 0.701. The number of nitrogens with one attached hydrogen (secondary N) is 1. The largest absolute Gasteiger partial charge is 0.467 e. The molecule has 8 nitrogen and oxygen atoms in total. The highest BCUT2D eigenvalue weighted by atomic mass is 16.6. The van der Waals surface area contributed by atoms with Crippen molar-refractivity contribution in [3.63, 3.8) is 0 Å². The lowest BCUT2D eigenvalue weighted by Gasteiger charge is -2.24. The van der Waals surface area contributed by atoms with E-state index in [4.69, 9.17) is 15.2 Å². The van der Waals surface area contributed by atoms with Gasteiger partial charge >= 0.3 is 12.1 Å². The van der Waals surface area contributed by atoms with Crippen molar-refractivity contribution in [1.82, 2.24) is 14.9 Å². The molecule has 3 N–H and O–H groups in total. The molecule has 1 unspecified atom stereocenters. The number of rotatable bonds is 5. The molecule has 0 radical (unpaired) electrons. The lowest BCUT2D eigenvalue weighted by atomic mass is 9.97. The summed E-state index contributed by atoms with van der Waals surface area (Å²) >= 11 is 0. The maximum atomic E-state index is 12.3. The fourth-order valence-corrected chi connectivity index (χ4v) is 3.40. The first-order valence-electron chi connectivity index (χ1n) is 10.1. The summed E-state index contributed by atoms with van der Waals surface area (Å²) in [4.78, 5) is 22.5. The van der Waals surface area contributed by atoms with Crippen molar-refractivity contribution in [2.45, 2.75) is 52.2 Å². The predicted molar refractivity (Wildman–Crippen MR) is 117 cm³/mol. The Kier molecular flexibility index (Phi) is 6.34. The summed E-state index contributed by atoms with van der Waals surface area (Å²) in [5.41, 5.74) is 9.12. The summed E-state index contributed by atoms with van der Waals surface area (Å²) in [7, 11) is 1.53. The van der Waals surface area contributed by atoms with Crippen molar-refractivity contribution in [2.75, 3.05) is 31.2 Å². The van der Waals surface area contributed by atoms with Gasteiger partial charge in [-0.05, 0) is 45.2 Å². The lowest BCUT2D eigenvalue weighted by molar-refractivity contribution is 0.0292. The number of hydrogen-bond donors (Lipinski definition) is 2. The minimum Gasteiger partial charge on any atom is -0.467 e. The third-order valence-electron chi connectivity index (χ3n) is 5.05. The molecule has 162 valence electrons. The Morgan fingerprint density at radius 2 is 1.97 bits per heavy atom. The molecule has 1 aromatic heterocycles. The average Bonchev–Trinajstić information content (AvgIpc) is 3.18. The first kappa shape index (κ1) is 21.7. The maximum Gasteiger partial charge on any atom is 0.410 e. The minimum absolute atomic E-state index is 0.237. The number of carbonyl (C=O) groups is 1. The Hall–Kier alpha value is -3.03. The molecule has 1 amide bonds. The van der Waals surface area contributed by atoms with Crippen LogP contribution in [0.2, 0.25) is 0 Å². The van der Waals surface area contributed by atoms with Crippen LogP contribution in [0, 0.1) is 6.92 Å². The molecule has 8 heteroatoms. The van der Waals surface area contributed by atoms with Crippen LogP contribution in [0.3, 0.4) is 0 Å². The highest BCUT2D eigenvalue weighted by molar-refractivity contribution is 5.68. The third kappa shape index (κ3) is 5.31. The Labute approximate surface area is 177 Å². The van der Waals surface area contributed by atoms with Crippen molar-refractivity contribution in [3.05, 3.63) is 41.1 Å². The number of nitrogens with two attached hydrogens (primary N) is 1. The zero-order chi connectivity index (χ0) is 21.9. The number of hydrogen-bond acceptors (Lipinski definition) is 7. The van der Waals surface area contributed by atoms with Crippen LogP contribution < -0.4 is 15.8 Å². The van der Waals surface area contributed by atoms with Crippen LogP contribution in [0.15, 0.2) is 24.3 Å². The van der Waals surface area contributed by atoms with Crippen LogP contribution in [0.5, 0.6) is 6.01 Å². The van der Waals surface area contributed by atoms with Gasteiger partial charge < -0.3 is 25.4 Å². The SMILES string of the molecule is COc1nc(C)c(N)c(NCc2ccc(C3CCN(C(=O)OC(C)(C)C)C3)cc2)n1. The van der Waals surface area contributed by atoms with Crippen molar-refractivity contribution in [1.29, 1.82) is 0 Å². The van der Waals surface area contributed by atoms with Gasteiger partial charge in [-0.15, -0.1) is 0 Å². The van der Waals surface area contributed by atoms with E-state index < -0.39 is 5.60 Å². The van der Waals surface area contributed by atoms with Crippen LogP contribution in [-0.2, 0) is 11.3 Å². The number of carbonyl (C=O) groups excluding carboxylic acids is 1. The van der Waals surface area contributed by atoms with Crippen molar-refractivity contribution < 1.29 is 14.3 Å². The molecule has 0 spiro atoms. The van der Waals surface area contributed by atoms with Gasteiger partial charge in [0.1, 0.15) is 5.60 Å². The van der Waals surface area contributed by atoms with E-state index >= 15 is 0 Å². The number of likely N-dealkylation sites (tertiary alicyclic amines) is 1. The molecule has 0 saturated carbocycles. The number of ether oxygens (including phenoxy) is 2. The van der Waals surface area contributed by atoms with Crippen LogP contribution >= 0.6 is 0 Å². The number of aryl methyl sites for hydroxylation is 1. The predicted octanol–water partition coefficient (Wildman–Crippen LogP) is 3.71. The van der Waals surface area contributed by atoms with E-state index in [1.54, 1.807) is 4.90 Å². The van der Waals surface area contributed by atoms with Gasteiger partial charge in [0.25, 0.3) is 0 Å². The number of aromatic nitrogens is 2. The van der Waals surface area contributed by atoms with Gasteiger partial charge in [0, 0.05) is 25.6 Å². The molecule has 1 aliphatic heterocycles. The van der Waals surface area contributed by atoms with E-state index in [2.05, 4.69) is 39.6 Å². The molecule has 1 atom stereocenters. The van der Waals surface area contributed by atoms with Crippen LogP contribution in [0.4, 0.5) is 16.3 Å². The zero-order valence-corrected chi connectivity index (χ0v) is 18.4. The lowest BCUT2D eigenvalue weighted by Crippen LogP contribution is -2.35. The molecule has 1 fully saturated rings. The Balaban J connectivity index is 1.58. The number of anilines is 2. The zero-order valence-electron chi connectivity index (χ0n) is 18.4. The molecular weight excluding hydrogens is 382 g/mol. The molecule has 2 aromatic rings. The molecular formula is C22H31N5O3. The van der Waals surface area contributed by atoms with Gasteiger partial charge in [-0.25, -0.2) is 4.79 Å². The second-order valence-electron chi connectivity index (χ2n) is 8.57. The highest BCUT2D eigenvalue weighted by Gasteiger charge is 2.30. The van der Waals surface area contributed by atoms with Crippen molar-refractivity contribution in [3.8, 4) is 6.01 Å². The molecule has 1 aromatic carbocycles. The first-order valence-corrected chi connectivity index (χ1v) is 10.1. The summed E-state index contributed by atoms with van der Waals surface area (Å²) in [5.74, 6) is 0.885. The summed E-state index contributed by atoms with van der Waals surface area (Å²) in [6.45, 7) is 9.47. The van der Waals surface area contributed by atoms with E-state index in [9.17, 15) is 4.79 Å². The van der Waals surface area contributed by atoms with Gasteiger partial charge in [-0.1, -0.05) is 24.3 Å². The maximum absolute atomic E-state index is 12.3. The average molecular weight is 414 g/mol. The minimum atomic E-state index is -0.473. The smallest absolute Gasteiger partial charge is 0.410 e. The van der Waals surface area contributed by atoms with Crippen molar-refractivity contribution >= 4 is 17.6 Å². The third-order valence-corrected chi connectivity index (χ3v) is 5.05. The van der Waals surface area contributed by atoms with Gasteiger partial charge in [0.05, 0.1) is 18.5 Å². The first-order chi connectivity index (χ1) is 14.2. The quantitative estimate of drug-likeness (QED) is 0.770. The highest BCUT2D eigenvalue weighted by Crippen LogP contribution is 2.29. The number of nitrogens with zero attached hydrogens (tertiary/aromatic N) is 3.